The maximum absolute atomic E-state index is 12.0. The Labute approximate surface area is 115 Å². The molecule has 5 nitrogen and oxygen atoms in total. The molecule has 0 spiro atoms. The van der Waals surface area contributed by atoms with Crippen LogP contribution in [0.25, 0.3) is 0 Å². The lowest BCUT2D eigenvalue weighted by atomic mass is 10.1. The van der Waals surface area contributed by atoms with Crippen LogP contribution in [0.4, 0.5) is 10.5 Å². The summed E-state index contributed by atoms with van der Waals surface area (Å²) >= 11 is 5.59. The van der Waals surface area contributed by atoms with E-state index in [9.17, 15) is 9.59 Å². The zero-order valence-corrected chi connectivity index (χ0v) is 10.9. The van der Waals surface area contributed by atoms with Gasteiger partial charge in [-0.3, -0.25) is 4.90 Å². The minimum atomic E-state index is -1.01. The Balaban J connectivity index is 2.20. The molecular formula is C13H13ClN2O3. The van der Waals surface area contributed by atoms with Gasteiger partial charge in [-0.25, -0.2) is 9.59 Å². The summed E-state index contributed by atoms with van der Waals surface area (Å²) < 4.78 is 0. The maximum Gasteiger partial charge on any atom is 0.335 e. The molecule has 19 heavy (non-hydrogen) atoms. The fourth-order valence-corrected chi connectivity index (χ4v) is 2.06. The third-order valence-electron chi connectivity index (χ3n) is 2.90. The van der Waals surface area contributed by atoms with Crippen LogP contribution in [0.5, 0.6) is 0 Å². The van der Waals surface area contributed by atoms with E-state index in [1.165, 1.54) is 11.0 Å². The molecule has 0 saturated heterocycles. The lowest BCUT2D eigenvalue weighted by molar-refractivity contribution is 0.0697. The second-order valence-electron chi connectivity index (χ2n) is 4.23. The molecular weight excluding hydrogens is 268 g/mol. The van der Waals surface area contributed by atoms with Crippen molar-refractivity contribution in [2.45, 2.75) is 6.42 Å². The van der Waals surface area contributed by atoms with Gasteiger partial charge in [0.15, 0.2) is 0 Å². The van der Waals surface area contributed by atoms with Gasteiger partial charge in [-0.2, -0.15) is 0 Å². The zero-order chi connectivity index (χ0) is 14.0. The third kappa shape index (κ3) is 2.88. The molecule has 0 aliphatic carbocycles. The van der Waals surface area contributed by atoms with Gasteiger partial charge in [-0.05, 0) is 24.1 Å². The number of urea groups is 1. The largest absolute Gasteiger partial charge is 0.478 e. The van der Waals surface area contributed by atoms with E-state index in [0.717, 1.165) is 5.56 Å². The van der Waals surface area contributed by atoms with Crippen LogP contribution in [0, 0.1) is 0 Å². The van der Waals surface area contributed by atoms with Crippen molar-refractivity contribution in [1.82, 2.24) is 5.32 Å². The molecule has 2 N–H and O–H groups in total. The number of nitrogens with one attached hydrogen (secondary N) is 1. The van der Waals surface area contributed by atoms with Gasteiger partial charge in [-0.15, -0.1) is 0 Å². The van der Waals surface area contributed by atoms with E-state index in [0.29, 0.717) is 23.7 Å². The Hall–Kier alpha value is -2.01. The monoisotopic (exact) mass is 280 g/mol. The highest BCUT2D eigenvalue weighted by Crippen LogP contribution is 2.29. The summed E-state index contributed by atoms with van der Waals surface area (Å²) in [7, 11) is 0. The van der Waals surface area contributed by atoms with Crippen LogP contribution < -0.4 is 10.2 Å². The SMILES string of the molecule is C=C(Cl)CNC(=O)N1CCc2ccc(C(=O)O)cc21. The smallest absolute Gasteiger partial charge is 0.335 e. The number of carboxylic acid groups (broad SMARTS) is 1. The molecule has 1 aromatic carbocycles. The highest BCUT2D eigenvalue weighted by molar-refractivity contribution is 6.29. The van der Waals surface area contributed by atoms with Gasteiger partial charge in [0.2, 0.25) is 0 Å². The van der Waals surface area contributed by atoms with E-state index < -0.39 is 5.97 Å². The predicted octanol–water partition coefficient (Wildman–Crippen LogP) is 2.21. The molecule has 2 rings (SSSR count). The number of halogens is 1. The summed E-state index contributed by atoms with van der Waals surface area (Å²) in [5, 5.41) is 11.9. The van der Waals surface area contributed by atoms with E-state index in [1.807, 2.05) is 0 Å². The van der Waals surface area contributed by atoms with Crippen LogP contribution in [0.15, 0.2) is 29.8 Å². The number of amides is 2. The molecule has 1 aliphatic rings. The first-order chi connectivity index (χ1) is 8.99. The van der Waals surface area contributed by atoms with E-state index in [2.05, 4.69) is 11.9 Å². The minimum Gasteiger partial charge on any atom is -0.478 e. The molecule has 2 amide bonds. The minimum absolute atomic E-state index is 0.167. The Kier molecular flexibility index (Phi) is 3.76. The van der Waals surface area contributed by atoms with Gasteiger partial charge >= 0.3 is 12.0 Å². The highest BCUT2D eigenvalue weighted by atomic mass is 35.5. The van der Waals surface area contributed by atoms with E-state index >= 15 is 0 Å². The first-order valence-corrected chi connectivity index (χ1v) is 6.11. The number of carboxylic acids is 1. The van der Waals surface area contributed by atoms with E-state index in [4.69, 9.17) is 16.7 Å². The molecule has 6 heteroatoms. The van der Waals surface area contributed by atoms with E-state index in [1.54, 1.807) is 12.1 Å². The molecule has 0 radical (unpaired) electrons. The molecule has 1 heterocycles. The van der Waals surface area contributed by atoms with Crippen molar-refractivity contribution in [1.29, 1.82) is 0 Å². The van der Waals surface area contributed by atoms with Crippen LogP contribution in [-0.2, 0) is 6.42 Å². The van der Waals surface area contributed by atoms with Gasteiger partial charge in [0, 0.05) is 17.3 Å². The van der Waals surface area contributed by atoms with Gasteiger partial charge < -0.3 is 10.4 Å². The number of nitrogens with zero attached hydrogens (tertiary/aromatic N) is 1. The Morgan fingerprint density at radius 3 is 2.84 bits per heavy atom. The fraction of sp³-hybridized carbons (Fsp3) is 0.231. The fourth-order valence-electron chi connectivity index (χ4n) is 1.99. The molecule has 100 valence electrons. The van der Waals surface area contributed by atoms with Crippen LogP contribution in [0.2, 0.25) is 0 Å². The summed E-state index contributed by atoms with van der Waals surface area (Å²) in [5.41, 5.74) is 1.77. The number of benzene rings is 1. The number of anilines is 1. The number of carbonyl (C=O) groups is 2. The van der Waals surface area contributed by atoms with Crippen molar-refractivity contribution in [2.75, 3.05) is 18.0 Å². The van der Waals surface area contributed by atoms with Crippen LogP contribution in [-0.4, -0.2) is 30.2 Å². The predicted molar refractivity (Wildman–Crippen MR) is 72.8 cm³/mol. The van der Waals surface area contributed by atoms with E-state index in [-0.39, 0.29) is 18.1 Å². The van der Waals surface area contributed by atoms with Crippen molar-refractivity contribution in [3.63, 3.8) is 0 Å². The number of fused-ring (bicyclic) bond motifs is 1. The van der Waals surface area contributed by atoms with Crippen LogP contribution in [0.3, 0.4) is 0 Å². The average Bonchev–Trinajstić information content (AvgIpc) is 2.78. The lowest BCUT2D eigenvalue weighted by Crippen LogP contribution is -2.39. The molecule has 0 saturated carbocycles. The standard InChI is InChI=1S/C13H13ClN2O3/c1-8(14)7-15-13(19)16-5-4-9-2-3-10(12(17)18)6-11(9)16/h2-3,6H,1,4-5,7H2,(H,15,19)(H,17,18). The van der Waals surface area contributed by atoms with Crippen molar-refractivity contribution in [3.05, 3.63) is 40.9 Å². The summed E-state index contributed by atoms with van der Waals surface area (Å²) in [6, 6.07) is 4.50. The molecule has 1 aromatic rings. The van der Waals surface area contributed by atoms with Crippen LogP contribution in [0.1, 0.15) is 15.9 Å². The molecule has 0 atom stereocenters. The second kappa shape index (κ2) is 5.32. The Bertz CT molecular complexity index is 557. The molecule has 0 fully saturated rings. The maximum atomic E-state index is 12.0. The zero-order valence-electron chi connectivity index (χ0n) is 10.1. The Morgan fingerprint density at radius 2 is 2.21 bits per heavy atom. The first-order valence-electron chi connectivity index (χ1n) is 5.74. The van der Waals surface area contributed by atoms with Crippen molar-refractivity contribution in [3.8, 4) is 0 Å². The lowest BCUT2D eigenvalue weighted by Gasteiger charge is -2.18. The normalized spacial score (nSPS) is 13.0. The summed E-state index contributed by atoms with van der Waals surface area (Å²) in [4.78, 5) is 24.4. The molecule has 0 unspecified atom stereocenters. The summed E-state index contributed by atoms with van der Waals surface area (Å²) in [6.07, 6.45) is 0.713. The van der Waals surface area contributed by atoms with Crippen LogP contribution >= 0.6 is 11.6 Å². The summed E-state index contributed by atoms with van der Waals surface area (Å²) in [5.74, 6) is -1.01. The van der Waals surface area contributed by atoms with Crippen molar-refractivity contribution in [2.24, 2.45) is 0 Å². The number of carbonyl (C=O) groups excluding carboxylic acids is 1. The van der Waals surface area contributed by atoms with Gasteiger partial charge in [0.25, 0.3) is 0 Å². The first kappa shape index (κ1) is 13.4. The van der Waals surface area contributed by atoms with Gasteiger partial charge in [0.1, 0.15) is 0 Å². The number of aromatic carboxylic acids is 1. The van der Waals surface area contributed by atoms with Gasteiger partial charge in [-0.1, -0.05) is 24.2 Å². The number of rotatable bonds is 3. The number of hydrogen-bond donors (Lipinski definition) is 2. The molecule has 0 bridgehead atoms. The van der Waals surface area contributed by atoms with Crippen molar-refractivity contribution < 1.29 is 14.7 Å². The average molecular weight is 281 g/mol. The third-order valence-corrected chi connectivity index (χ3v) is 3.04. The van der Waals surface area contributed by atoms with Crippen molar-refractivity contribution >= 4 is 29.3 Å². The molecule has 0 aromatic heterocycles. The number of hydrogen-bond acceptors (Lipinski definition) is 2. The summed E-state index contributed by atoms with van der Waals surface area (Å²) in [6.45, 7) is 4.20. The molecule has 1 aliphatic heterocycles. The Morgan fingerprint density at radius 1 is 1.47 bits per heavy atom. The second-order valence-corrected chi connectivity index (χ2v) is 4.76. The topological polar surface area (TPSA) is 69.6 Å². The quantitative estimate of drug-likeness (QED) is 0.892. The van der Waals surface area contributed by atoms with Gasteiger partial charge in [0.05, 0.1) is 12.1 Å². The highest BCUT2D eigenvalue weighted by Gasteiger charge is 2.25.